The van der Waals surface area contributed by atoms with E-state index in [9.17, 15) is 13.2 Å². The zero-order valence-corrected chi connectivity index (χ0v) is 14.3. The highest BCUT2D eigenvalue weighted by molar-refractivity contribution is 7.90. The van der Waals surface area contributed by atoms with Gasteiger partial charge in [0.1, 0.15) is 0 Å². The van der Waals surface area contributed by atoms with Crippen LogP contribution in [0, 0.1) is 0 Å². The second kappa shape index (κ2) is 6.68. The number of urea groups is 1. The van der Waals surface area contributed by atoms with Gasteiger partial charge in [-0.3, -0.25) is 0 Å². The van der Waals surface area contributed by atoms with Gasteiger partial charge in [-0.05, 0) is 36.6 Å². The number of carbonyl (C=O) groups is 1. The molecule has 1 aromatic carbocycles. The number of rotatable bonds is 4. The Morgan fingerprint density at radius 3 is 2.64 bits per heavy atom. The van der Waals surface area contributed by atoms with E-state index in [1.165, 1.54) is 18.2 Å². The SMILES string of the molecule is C[C@H](NC(=O)Nc1cc(S(C)(=O)=O)ccc1Cl)c1cccs1. The quantitative estimate of drug-likeness (QED) is 0.875. The van der Waals surface area contributed by atoms with Gasteiger partial charge < -0.3 is 10.6 Å². The van der Waals surface area contributed by atoms with Crippen molar-refractivity contribution in [2.45, 2.75) is 17.9 Å². The average molecular weight is 359 g/mol. The topological polar surface area (TPSA) is 75.3 Å². The molecule has 1 heterocycles. The number of anilines is 1. The molecule has 0 fully saturated rings. The summed E-state index contributed by atoms with van der Waals surface area (Å²) in [5, 5.41) is 7.54. The Hall–Kier alpha value is -1.57. The van der Waals surface area contributed by atoms with Crippen LogP contribution in [-0.4, -0.2) is 20.7 Å². The lowest BCUT2D eigenvalue weighted by molar-refractivity contribution is 0.249. The van der Waals surface area contributed by atoms with Gasteiger partial charge in [-0.15, -0.1) is 11.3 Å². The second-order valence-corrected chi connectivity index (χ2v) is 8.15. The standard InChI is InChI=1S/C14H15ClN2O3S2/c1-9(13-4-3-7-21-13)16-14(18)17-12-8-10(22(2,19)20)5-6-11(12)15/h3-9H,1-2H3,(H2,16,17,18)/t9-/m0/s1. The Kier molecular flexibility index (Phi) is 5.10. The fourth-order valence-corrected chi connectivity index (χ4v) is 3.34. The third-order valence-electron chi connectivity index (χ3n) is 2.93. The van der Waals surface area contributed by atoms with Gasteiger partial charge >= 0.3 is 6.03 Å². The van der Waals surface area contributed by atoms with Crippen molar-refractivity contribution in [2.24, 2.45) is 0 Å². The minimum Gasteiger partial charge on any atom is -0.331 e. The van der Waals surface area contributed by atoms with Gasteiger partial charge in [-0.2, -0.15) is 0 Å². The Balaban J connectivity index is 2.11. The molecule has 0 spiro atoms. The van der Waals surface area contributed by atoms with E-state index >= 15 is 0 Å². The van der Waals surface area contributed by atoms with Crippen LogP contribution in [-0.2, 0) is 9.84 Å². The maximum absolute atomic E-state index is 12.0. The van der Waals surface area contributed by atoms with Crippen LogP contribution in [0.2, 0.25) is 5.02 Å². The van der Waals surface area contributed by atoms with Crippen molar-refractivity contribution in [1.29, 1.82) is 0 Å². The molecule has 118 valence electrons. The van der Waals surface area contributed by atoms with Crippen LogP contribution in [0.25, 0.3) is 0 Å². The summed E-state index contributed by atoms with van der Waals surface area (Å²) >= 11 is 7.53. The summed E-state index contributed by atoms with van der Waals surface area (Å²) < 4.78 is 23.1. The first-order valence-electron chi connectivity index (χ1n) is 6.38. The Morgan fingerprint density at radius 2 is 2.05 bits per heavy atom. The van der Waals surface area contributed by atoms with E-state index in [4.69, 9.17) is 11.6 Å². The smallest absolute Gasteiger partial charge is 0.319 e. The first-order valence-corrected chi connectivity index (χ1v) is 9.53. The zero-order chi connectivity index (χ0) is 16.3. The van der Waals surface area contributed by atoms with Crippen molar-refractivity contribution in [3.63, 3.8) is 0 Å². The van der Waals surface area contributed by atoms with Crippen LogP contribution in [0.3, 0.4) is 0 Å². The number of hydrogen-bond acceptors (Lipinski definition) is 4. The van der Waals surface area contributed by atoms with Crippen LogP contribution in [0.5, 0.6) is 0 Å². The van der Waals surface area contributed by atoms with E-state index in [-0.39, 0.29) is 21.6 Å². The predicted octanol–water partition coefficient (Wildman–Crippen LogP) is 3.69. The molecule has 0 aliphatic rings. The second-order valence-electron chi connectivity index (χ2n) is 4.75. The Morgan fingerprint density at radius 1 is 1.32 bits per heavy atom. The summed E-state index contributed by atoms with van der Waals surface area (Å²) in [7, 11) is -3.37. The van der Waals surface area contributed by atoms with Crippen molar-refractivity contribution in [3.8, 4) is 0 Å². The van der Waals surface area contributed by atoms with E-state index in [1.54, 1.807) is 11.3 Å². The summed E-state index contributed by atoms with van der Waals surface area (Å²) in [5.74, 6) is 0. The molecular formula is C14H15ClN2O3S2. The molecule has 2 N–H and O–H groups in total. The molecule has 8 heteroatoms. The van der Waals surface area contributed by atoms with Gasteiger partial charge in [0.2, 0.25) is 0 Å². The van der Waals surface area contributed by atoms with Crippen LogP contribution < -0.4 is 10.6 Å². The van der Waals surface area contributed by atoms with Crippen molar-refractivity contribution in [3.05, 3.63) is 45.6 Å². The van der Waals surface area contributed by atoms with Gasteiger partial charge in [-0.1, -0.05) is 17.7 Å². The molecule has 0 saturated heterocycles. The van der Waals surface area contributed by atoms with Crippen LogP contribution >= 0.6 is 22.9 Å². The van der Waals surface area contributed by atoms with Crippen LogP contribution in [0.1, 0.15) is 17.8 Å². The number of carbonyl (C=O) groups excluding carboxylic acids is 1. The lowest BCUT2D eigenvalue weighted by Gasteiger charge is -2.14. The molecule has 22 heavy (non-hydrogen) atoms. The molecule has 1 atom stereocenters. The summed E-state index contributed by atoms with van der Waals surface area (Å²) in [4.78, 5) is 13.1. The first kappa shape index (κ1) is 16.8. The highest BCUT2D eigenvalue weighted by atomic mass is 35.5. The minimum absolute atomic E-state index is 0.0958. The highest BCUT2D eigenvalue weighted by Gasteiger charge is 2.14. The fourth-order valence-electron chi connectivity index (χ4n) is 1.79. The number of hydrogen-bond donors (Lipinski definition) is 2. The number of halogens is 1. The average Bonchev–Trinajstić information content (AvgIpc) is 2.94. The molecule has 2 aromatic rings. The van der Waals surface area contributed by atoms with Crippen molar-refractivity contribution in [1.82, 2.24) is 5.32 Å². The fraction of sp³-hybridized carbons (Fsp3) is 0.214. The molecule has 1 aromatic heterocycles. The van der Waals surface area contributed by atoms with E-state index < -0.39 is 15.9 Å². The summed E-state index contributed by atoms with van der Waals surface area (Å²) in [6, 6.07) is 7.40. The summed E-state index contributed by atoms with van der Waals surface area (Å²) in [6.45, 7) is 1.86. The van der Waals surface area contributed by atoms with E-state index in [0.717, 1.165) is 11.1 Å². The van der Waals surface area contributed by atoms with E-state index in [0.29, 0.717) is 0 Å². The van der Waals surface area contributed by atoms with Gasteiger partial charge in [0.25, 0.3) is 0 Å². The molecule has 0 saturated carbocycles. The van der Waals surface area contributed by atoms with Crippen molar-refractivity contribution in [2.75, 3.05) is 11.6 Å². The lowest BCUT2D eigenvalue weighted by Crippen LogP contribution is -2.30. The molecule has 0 aliphatic heterocycles. The normalized spacial score (nSPS) is 12.7. The lowest BCUT2D eigenvalue weighted by atomic mass is 10.3. The highest BCUT2D eigenvalue weighted by Crippen LogP contribution is 2.25. The third kappa shape index (κ3) is 4.22. The zero-order valence-electron chi connectivity index (χ0n) is 12.0. The number of benzene rings is 1. The van der Waals surface area contributed by atoms with Gasteiger partial charge in [0.05, 0.1) is 21.6 Å². The molecule has 5 nitrogen and oxygen atoms in total. The van der Waals surface area contributed by atoms with Gasteiger partial charge in [0, 0.05) is 11.1 Å². The monoisotopic (exact) mass is 358 g/mol. The van der Waals surface area contributed by atoms with E-state index in [1.807, 2.05) is 24.4 Å². The molecule has 2 rings (SSSR count). The van der Waals surface area contributed by atoms with Gasteiger partial charge in [0.15, 0.2) is 9.84 Å². The van der Waals surface area contributed by atoms with Gasteiger partial charge in [-0.25, -0.2) is 13.2 Å². The number of nitrogens with one attached hydrogen (secondary N) is 2. The maximum Gasteiger partial charge on any atom is 0.319 e. The number of amides is 2. The van der Waals surface area contributed by atoms with Crippen LogP contribution in [0.15, 0.2) is 40.6 Å². The first-order chi connectivity index (χ1) is 10.3. The molecule has 2 amide bonds. The van der Waals surface area contributed by atoms with E-state index in [2.05, 4.69) is 10.6 Å². The molecular weight excluding hydrogens is 344 g/mol. The summed E-state index contributed by atoms with van der Waals surface area (Å²) in [6.07, 6.45) is 1.10. The molecule has 0 aliphatic carbocycles. The minimum atomic E-state index is -3.37. The number of sulfone groups is 1. The largest absolute Gasteiger partial charge is 0.331 e. The Labute approximate surface area is 138 Å². The summed E-state index contributed by atoms with van der Waals surface area (Å²) in [5.41, 5.74) is 0.250. The molecule has 0 bridgehead atoms. The molecule has 0 unspecified atom stereocenters. The maximum atomic E-state index is 12.0. The molecule has 0 radical (unpaired) electrons. The predicted molar refractivity (Wildman–Crippen MR) is 89.5 cm³/mol. The van der Waals surface area contributed by atoms with Crippen molar-refractivity contribution < 1.29 is 13.2 Å². The number of thiophene rings is 1. The Bertz CT molecular complexity index is 773. The van der Waals surface area contributed by atoms with Crippen LogP contribution in [0.4, 0.5) is 10.5 Å². The third-order valence-corrected chi connectivity index (χ3v) is 5.43. The van der Waals surface area contributed by atoms with Crippen molar-refractivity contribution >= 4 is 44.5 Å².